The van der Waals surface area contributed by atoms with Gasteiger partial charge in [0.2, 0.25) is 23.6 Å². The molecule has 5 heterocycles. The van der Waals surface area contributed by atoms with E-state index in [1.165, 1.54) is 79.1 Å². The number of rotatable bonds is 80. The topological polar surface area (TPSA) is 443 Å². The molecule has 39 heteroatoms. The van der Waals surface area contributed by atoms with Crippen LogP contribution in [0.3, 0.4) is 0 Å². The Morgan fingerprint density at radius 2 is 1.07 bits per heavy atom. The zero-order chi connectivity index (χ0) is 106. The Hall–Kier alpha value is -10.7. The second-order valence-electron chi connectivity index (χ2n) is 38.2. The number of likely N-dealkylation sites (tertiary alicyclic amines) is 2. The van der Waals surface area contributed by atoms with Gasteiger partial charge in [0.25, 0.3) is 11.8 Å². The monoisotopic (exact) mass is 2090 g/mol. The van der Waals surface area contributed by atoms with Crippen molar-refractivity contribution in [2.45, 2.75) is 226 Å². The van der Waals surface area contributed by atoms with Crippen molar-refractivity contribution in [2.24, 2.45) is 5.41 Å². The zero-order valence-corrected chi connectivity index (χ0v) is 88.1. The number of carboxylic acid groups (broad SMARTS) is 2. The van der Waals surface area contributed by atoms with Gasteiger partial charge < -0.3 is 112 Å². The lowest BCUT2D eigenvalue weighted by Gasteiger charge is -2.47. The van der Waals surface area contributed by atoms with Crippen LogP contribution < -0.4 is 30.9 Å². The number of nitrogens with zero attached hydrogens (tertiary/aromatic N) is 6. The first kappa shape index (κ1) is 122. The van der Waals surface area contributed by atoms with E-state index in [-0.39, 0.29) is 143 Å². The van der Waals surface area contributed by atoms with E-state index < -0.39 is 53.1 Å². The van der Waals surface area contributed by atoms with E-state index in [0.29, 0.717) is 222 Å². The van der Waals surface area contributed by atoms with Crippen molar-refractivity contribution in [3.05, 3.63) is 125 Å². The molecule has 3 saturated heterocycles. The van der Waals surface area contributed by atoms with E-state index in [2.05, 4.69) is 72.3 Å². The number of benzene rings is 4. The van der Waals surface area contributed by atoms with Crippen LogP contribution >= 0.6 is 0 Å². The Morgan fingerprint density at radius 3 is 1.61 bits per heavy atom. The van der Waals surface area contributed by atoms with Gasteiger partial charge in [-0.05, 0) is 174 Å². The number of aliphatic carboxylic acids is 2. The number of hydrogen-bond acceptors (Lipinski definition) is 27. The minimum atomic E-state index is -1.30. The summed E-state index contributed by atoms with van der Waals surface area (Å²) in [5.74, 6) is -5.58. The SMILES string of the molecule is CCCCCCCCCCCN(C(=O)CCCCCCCCCC(=O)O)[C@@H](CCC(=O)NCCOCCOCCOCCOCCOCCOCCOCCOCCOCCOCCOCCOCCC(=O)NCCCC(=O)OC(C)(C)c1ccc(C(=O)Nc2cc(F)cc(-c3ncnc4[nH]c(-c5ccc(CCN6CCC7(CC6)CCN(C(=O)c6ccc(OC)c(N8CCC(=O)NC8=O)c6)CC7)cc5)cc34)c2C)c(F)c1)C(=O)O. The molecule has 0 bridgehead atoms. The van der Waals surface area contributed by atoms with Crippen molar-refractivity contribution in [2.75, 3.05) is 235 Å². The normalized spacial score (nSPS) is 14.0. The number of nitrogens with one attached hydrogen (secondary N) is 5. The molecule has 2 aromatic heterocycles. The predicted octanol–water partition coefficient (Wildman–Crippen LogP) is 14.7. The first-order valence-corrected chi connectivity index (χ1v) is 53.4. The van der Waals surface area contributed by atoms with E-state index in [4.69, 9.17) is 71.4 Å². The average Bonchev–Trinajstić information content (AvgIpc) is 1.69. The zero-order valence-electron chi connectivity index (χ0n) is 88.1. The number of carbonyl (C=O) groups is 10. The lowest BCUT2D eigenvalue weighted by molar-refractivity contribution is -0.157. The van der Waals surface area contributed by atoms with Gasteiger partial charge in [0, 0.05) is 112 Å². The van der Waals surface area contributed by atoms with Gasteiger partial charge in [-0.1, -0.05) is 121 Å². The standard InChI is InChI=1S/C110H161F2N11O26/c1-6-7-8-9-10-11-15-18-21-45-122(100(127)23-19-16-13-12-14-17-20-24-101(128)129)94(107(133)134)33-35-97(124)114-44-53-138-55-57-140-59-61-142-63-65-144-67-69-146-71-73-148-75-74-147-72-70-145-68-66-143-64-62-141-60-58-139-56-54-137-52-38-98(125)113-43-22-25-102(130)149-109(3,4)86-31-32-88(91(112)77-86)105(131)118-92-79-87(111)78-89(82(92)2)103-90-80-93(117-104(90)116-81-115-103)84-28-26-83(27-29-84)36-46-120-48-39-110(40-49-120)41-50-121(51-42-110)106(132)85-30-34-96(136-5)95(76-85)123-47-37-99(126)119-108(123)135/h26-32,34,76-81,94H,6-25,33,35-75H2,1-5H3,(H,113,125)(H,114,124)(H,118,131)(H,128,129)(H,133,134)(H,115,116,117)(H,119,126,135)/t94-/m0/s1. The van der Waals surface area contributed by atoms with E-state index in [9.17, 15) is 53.1 Å². The molecule has 0 radical (unpaired) electrons. The molecular formula is C110H161F2N11O26. The molecule has 3 aliphatic rings. The number of piperidine rings is 2. The summed E-state index contributed by atoms with van der Waals surface area (Å²) in [5, 5.41) is 30.3. The van der Waals surface area contributed by atoms with Gasteiger partial charge in [-0.3, -0.25) is 48.6 Å². The smallest absolute Gasteiger partial charge is 0.328 e. The highest BCUT2D eigenvalue weighted by atomic mass is 19.1. The Kier molecular flexibility index (Phi) is 57.0. The Bertz CT molecular complexity index is 5020. The van der Waals surface area contributed by atoms with Crippen molar-refractivity contribution in [1.29, 1.82) is 0 Å². The summed E-state index contributed by atoms with van der Waals surface area (Å²) in [6.07, 6.45) is 22.9. The van der Waals surface area contributed by atoms with Crippen LogP contribution in [0.15, 0.2) is 85.2 Å². The number of aromatic amines is 1. The number of halogens is 2. The third kappa shape index (κ3) is 45.4. The third-order valence-corrected chi connectivity index (χ3v) is 26.8. The lowest BCUT2D eigenvalue weighted by Crippen LogP contribution is -2.50. The first-order chi connectivity index (χ1) is 72.3. The second-order valence-corrected chi connectivity index (χ2v) is 38.2. The number of unbranched alkanes of at least 4 members (excludes halogenated alkanes) is 14. The third-order valence-electron chi connectivity index (χ3n) is 26.8. The fourth-order valence-corrected chi connectivity index (χ4v) is 18.0. The first-order valence-electron chi connectivity index (χ1n) is 53.4. The summed E-state index contributed by atoms with van der Waals surface area (Å²) >= 11 is 0. The largest absolute Gasteiger partial charge is 0.495 e. The second kappa shape index (κ2) is 69.7. The summed E-state index contributed by atoms with van der Waals surface area (Å²) in [5.41, 5.74) is 4.56. The van der Waals surface area contributed by atoms with Crippen LogP contribution in [0.1, 0.15) is 238 Å². The van der Waals surface area contributed by atoms with Gasteiger partial charge in [0.1, 0.15) is 41.0 Å². The Labute approximate surface area is 875 Å². The summed E-state index contributed by atoms with van der Waals surface area (Å²) in [6, 6.07) is 20.1. The van der Waals surface area contributed by atoms with E-state index >= 15 is 8.78 Å². The van der Waals surface area contributed by atoms with Crippen LogP contribution in [0, 0.1) is 24.0 Å². The number of imide groups is 1. The molecule has 0 unspecified atom stereocenters. The quantitative estimate of drug-likeness (QED) is 0.0138. The highest BCUT2D eigenvalue weighted by molar-refractivity contribution is 6.08. The molecule has 149 heavy (non-hydrogen) atoms. The number of H-pyrrole nitrogens is 1. The Balaban J connectivity index is 0.506. The van der Waals surface area contributed by atoms with Crippen LogP contribution in [0.25, 0.3) is 33.5 Å². The highest BCUT2D eigenvalue weighted by Crippen LogP contribution is 2.43. The molecule has 7 N–H and O–H groups in total. The number of carbonyl (C=O) groups excluding carboxylic acids is 8. The minimum absolute atomic E-state index is 0.0171. The molecule has 3 aliphatic heterocycles. The molecule has 0 saturated carbocycles. The Morgan fingerprint density at radius 1 is 0.544 bits per heavy atom. The number of hydrogen-bond donors (Lipinski definition) is 7. The van der Waals surface area contributed by atoms with Gasteiger partial charge in [0.05, 0.1) is 183 Å². The fraction of sp³-hybridized carbons (Fsp3) is 0.636. The fourth-order valence-electron chi connectivity index (χ4n) is 18.0. The molecule has 0 aliphatic carbocycles. The van der Waals surface area contributed by atoms with Crippen LogP contribution in [-0.2, 0) is 107 Å². The van der Waals surface area contributed by atoms with Gasteiger partial charge in [-0.25, -0.2) is 28.3 Å². The van der Waals surface area contributed by atoms with E-state index in [1.807, 2.05) is 11.0 Å². The van der Waals surface area contributed by atoms with Crippen molar-refractivity contribution in [3.63, 3.8) is 0 Å². The number of urea groups is 1. The number of ether oxygens (including phenoxy) is 14. The predicted molar refractivity (Wildman–Crippen MR) is 557 cm³/mol. The van der Waals surface area contributed by atoms with Gasteiger partial charge >= 0.3 is 23.9 Å². The molecule has 6 aromatic rings. The van der Waals surface area contributed by atoms with Crippen LogP contribution in [0.2, 0.25) is 0 Å². The highest BCUT2D eigenvalue weighted by Gasteiger charge is 2.40. The van der Waals surface area contributed by atoms with Gasteiger partial charge in [-0.15, -0.1) is 0 Å². The maximum absolute atomic E-state index is 16.0. The number of fused-ring (bicyclic) bond motifs is 1. The molecule has 9 rings (SSSR count). The number of aromatic nitrogens is 3. The molecule has 3 fully saturated rings. The van der Waals surface area contributed by atoms with Crippen LogP contribution in [0.5, 0.6) is 5.75 Å². The molecule has 1 spiro atoms. The summed E-state index contributed by atoms with van der Waals surface area (Å²) < 4.78 is 110. The van der Waals surface area contributed by atoms with Crippen molar-refractivity contribution in [3.8, 4) is 28.3 Å². The van der Waals surface area contributed by atoms with Gasteiger partial charge in [-0.2, -0.15) is 0 Å². The van der Waals surface area contributed by atoms with E-state index in [1.54, 1.807) is 39.0 Å². The summed E-state index contributed by atoms with van der Waals surface area (Å²) in [6.45, 7) is 21.2. The molecule has 826 valence electrons. The van der Waals surface area contributed by atoms with Gasteiger partial charge in [0.15, 0.2) is 0 Å². The number of esters is 1. The van der Waals surface area contributed by atoms with Crippen molar-refractivity contribution >= 4 is 81.8 Å². The number of carboxylic acids is 2. The molecule has 1 atom stereocenters. The molecule has 37 nitrogen and oxygen atoms in total. The van der Waals surface area contributed by atoms with Crippen LogP contribution in [-0.4, -0.2) is 330 Å². The molecular weight excluding hydrogens is 1930 g/mol. The molecule has 4 aromatic carbocycles. The number of amides is 8. The number of methoxy groups -OCH3 is 1. The van der Waals surface area contributed by atoms with E-state index in [0.717, 1.165) is 126 Å². The summed E-state index contributed by atoms with van der Waals surface area (Å²) in [4.78, 5) is 147. The maximum Gasteiger partial charge on any atom is 0.328 e. The maximum atomic E-state index is 16.0. The lowest BCUT2D eigenvalue weighted by atomic mass is 9.71. The summed E-state index contributed by atoms with van der Waals surface area (Å²) in [7, 11) is 1.51. The average molecular weight is 2090 g/mol. The molecule has 8 amide bonds. The van der Waals surface area contributed by atoms with Crippen molar-refractivity contribution in [1.82, 2.24) is 45.6 Å². The van der Waals surface area contributed by atoms with Crippen LogP contribution in [0.4, 0.5) is 25.0 Å². The minimum Gasteiger partial charge on any atom is -0.495 e. The van der Waals surface area contributed by atoms with Crippen molar-refractivity contribution < 1.29 is 133 Å². The number of anilines is 2.